The first-order valence-electron chi connectivity index (χ1n) is 12.7. The summed E-state index contributed by atoms with van der Waals surface area (Å²) in [5.41, 5.74) is 4.64. The number of thiazole rings is 1. The van der Waals surface area contributed by atoms with Crippen molar-refractivity contribution < 1.29 is 27.5 Å². The highest BCUT2D eigenvalue weighted by Crippen LogP contribution is 2.43. The molecule has 1 aliphatic rings. The van der Waals surface area contributed by atoms with E-state index in [1.807, 2.05) is 29.6 Å². The molecular formula is C29H31N3O6S2. The Balaban J connectivity index is 1.74. The smallest absolute Gasteiger partial charge is 0.336 e. The highest BCUT2D eigenvalue weighted by molar-refractivity contribution is 7.90. The molecule has 0 spiro atoms. The van der Waals surface area contributed by atoms with Crippen molar-refractivity contribution in [1.29, 1.82) is 0 Å². The van der Waals surface area contributed by atoms with Gasteiger partial charge in [-0.25, -0.2) is 23.0 Å². The number of anilines is 2. The summed E-state index contributed by atoms with van der Waals surface area (Å²) in [6.45, 7) is 7.40. The predicted molar refractivity (Wildman–Crippen MR) is 155 cm³/mol. The third-order valence-electron chi connectivity index (χ3n) is 6.35. The monoisotopic (exact) mass is 581 g/mol. The van der Waals surface area contributed by atoms with Gasteiger partial charge < -0.3 is 20.1 Å². The maximum absolute atomic E-state index is 13.2. The number of rotatable bonds is 9. The van der Waals surface area contributed by atoms with Crippen LogP contribution in [0.25, 0.3) is 11.3 Å². The molecule has 1 aromatic heterocycles. The van der Waals surface area contributed by atoms with E-state index in [0.717, 1.165) is 5.56 Å². The lowest BCUT2D eigenvalue weighted by Gasteiger charge is -2.31. The number of benzene rings is 2. The van der Waals surface area contributed by atoms with E-state index in [1.54, 1.807) is 52.0 Å². The normalized spacial score (nSPS) is 14.1. The molecule has 0 saturated carbocycles. The topological polar surface area (TPSA) is 124 Å². The third-order valence-corrected chi connectivity index (χ3v) is 8.23. The molecule has 4 rings (SSSR count). The number of hydrogen-bond donors (Lipinski definition) is 2. The van der Waals surface area contributed by atoms with Crippen LogP contribution in [0.4, 0.5) is 10.8 Å². The number of nitrogens with zero attached hydrogens (tertiary/aromatic N) is 1. The number of hydrogen-bond acceptors (Lipinski definition) is 10. The van der Waals surface area contributed by atoms with Crippen molar-refractivity contribution in [2.45, 2.75) is 38.5 Å². The van der Waals surface area contributed by atoms with Gasteiger partial charge in [-0.15, -0.1) is 11.3 Å². The Kier molecular flexibility index (Phi) is 8.75. The van der Waals surface area contributed by atoms with Crippen molar-refractivity contribution >= 4 is 43.9 Å². The van der Waals surface area contributed by atoms with Crippen LogP contribution in [0.1, 0.15) is 39.2 Å². The van der Waals surface area contributed by atoms with Crippen molar-refractivity contribution in [2.75, 3.05) is 24.8 Å². The van der Waals surface area contributed by atoms with E-state index >= 15 is 0 Å². The Labute approximate surface area is 237 Å². The van der Waals surface area contributed by atoms with Gasteiger partial charge in [-0.2, -0.15) is 0 Å². The Bertz CT molecular complexity index is 1560. The summed E-state index contributed by atoms with van der Waals surface area (Å²) >= 11 is 1.38. The molecule has 0 bridgehead atoms. The SMILES string of the molecule is CCOC(=O)C1=C(C)NC(C)=C(C(=O)OCC)C1c1ccccc1Nc1nc(-c2ccc(S(C)(=O)=O)cc2)cs1. The molecule has 2 N–H and O–H groups in total. The van der Waals surface area contributed by atoms with Gasteiger partial charge in [0.15, 0.2) is 15.0 Å². The minimum absolute atomic E-state index is 0.187. The number of carbonyl (C=O) groups excluding carboxylic acids is 2. The highest BCUT2D eigenvalue weighted by atomic mass is 32.2. The Morgan fingerprint density at radius 2 is 1.52 bits per heavy atom. The van der Waals surface area contributed by atoms with E-state index in [1.165, 1.54) is 17.6 Å². The fraction of sp³-hybridized carbons (Fsp3) is 0.276. The quantitative estimate of drug-likeness (QED) is 0.323. The number of allylic oxidation sites excluding steroid dienone is 2. The number of carbonyl (C=O) groups is 2. The number of sulfone groups is 1. The average molecular weight is 582 g/mol. The molecule has 3 aromatic rings. The number of esters is 2. The van der Waals surface area contributed by atoms with Gasteiger partial charge in [0, 0.05) is 34.3 Å². The maximum Gasteiger partial charge on any atom is 0.336 e. The molecule has 0 atom stereocenters. The van der Waals surface area contributed by atoms with Crippen LogP contribution in [0.5, 0.6) is 0 Å². The van der Waals surface area contributed by atoms with Gasteiger partial charge in [0.2, 0.25) is 0 Å². The molecule has 9 nitrogen and oxygen atoms in total. The van der Waals surface area contributed by atoms with E-state index in [4.69, 9.17) is 9.47 Å². The van der Waals surface area contributed by atoms with Gasteiger partial charge in [0.1, 0.15) is 0 Å². The van der Waals surface area contributed by atoms with Gasteiger partial charge in [-0.3, -0.25) is 0 Å². The Hall–Kier alpha value is -3.96. The molecule has 0 unspecified atom stereocenters. The standard InChI is InChI=1S/C29H31N3O6S2/c1-6-37-27(33)24-17(3)30-18(4)25(28(34)38-7-2)26(24)21-10-8-9-11-22(21)31-29-32-23(16-39-29)19-12-14-20(15-13-19)40(5,35)36/h8-16,26,30H,6-7H2,1-5H3,(H,31,32). The van der Waals surface area contributed by atoms with E-state index < -0.39 is 27.7 Å². The highest BCUT2D eigenvalue weighted by Gasteiger charge is 2.39. The molecule has 0 saturated heterocycles. The fourth-order valence-corrected chi connectivity index (χ4v) is 5.94. The Morgan fingerprint density at radius 1 is 0.950 bits per heavy atom. The Morgan fingerprint density at radius 3 is 2.08 bits per heavy atom. The molecule has 0 fully saturated rings. The third kappa shape index (κ3) is 6.10. The minimum atomic E-state index is -3.30. The molecule has 1 aliphatic heterocycles. The zero-order chi connectivity index (χ0) is 29.0. The first-order chi connectivity index (χ1) is 19.0. The first kappa shape index (κ1) is 29.0. The first-order valence-corrected chi connectivity index (χ1v) is 15.5. The van der Waals surface area contributed by atoms with Crippen LogP contribution in [0.3, 0.4) is 0 Å². The average Bonchev–Trinajstić information content (AvgIpc) is 3.37. The van der Waals surface area contributed by atoms with Gasteiger partial charge in [0.25, 0.3) is 0 Å². The largest absolute Gasteiger partial charge is 0.463 e. The second kappa shape index (κ2) is 12.1. The molecule has 2 aromatic carbocycles. The van der Waals surface area contributed by atoms with Crippen LogP contribution in [0.15, 0.2) is 81.3 Å². The van der Waals surface area contributed by atoms with Crippen LogP contribution < -0.4 is 10.6 Å². The molecule has 0 radical (unpaired) electrons. The minimum Gasteiger partial charge on any atom is -0.463 e. The predicted octanol–water partition coefficient (Wildman–Crippen LogP) is 5.32. The molecular weight excluding hydrogens is 550 g/mol. The second-order valence-electron chi connectivity index (χ2n) is 9.12. The summed E-state index contributed by atoms with van der Waals surface area (Å²) in [6.07, 6.45) is 1.17. The van der Waals surface area contributed by atoms with Crippen molar-refractivity contribution in [3.05, 3.63) is 82.0 Å². The summed E-state index contributed by atoms with van der Waals surface area (Å²) in [7, 11) is -3.30. The van der Waals surface area contributed by atoms with E-state index in [-0.39, 0.29) is 18.1 Å². The molecule has 0 aliphatic carbocycles. The lowest BCUT2D eigenvalue weighted by molar-refractivity contribution is -0.139. The van der Waals surface area contributed by atoms with Gasteiger partial charge in [0.05, 0.1) is 40.9 Å². The lowest BCUT2D eigenvalue weighted by Crippen LogP contribution is -2.32. The fourth-order valence-electron chi connectivity index (χ4n) is 4.58. The van der Waals surface area contributed by atoms with Crippen molar-refractivity contribution in [2.24, 2.45) is 0 Å². The van der Waals surface area contributed by atoms with Gasteiger partial charge >= 0.3 is 11.9 Å². The summed E-state index contributed by atoms with van der Waals surface area (Å²) in [6, 6.07) is 14.0. The molecule has 210 valence electrons. The molecule has 40 heavy (non-hydrogen) atoms. The number of aromatic nitrogens is 1. The van der Waals surface area contributed by atoms with Gasteiger partial charge in [-0.1, -0.05) is 30.3 Å². The van der Waals surface area contributed by atoms with Crippen molar-refractivity contribution in [3.8, 4) is 11.3 Å². The summed E-state index contributed by atoms with van der Waals surface area (Å²) in [5, 5.41) is 8.95. The van der Waals surface area contributed by atoms with Crippen LogP contribution in [0, 0.1) is 0 Å². The summed E-state index contributed by atoms with van der Waals surface area (Å²) in [5.74, 6) is -1.78. The molecule has 11 heteroatoms. The van der Waals surface area contributed by atoms with Crippen LogP contribution in [-0.2, 0) is 28.9 Å². The lowest BCUT2D eigenvalue weighted by atomic mass is 9.79. The van der Waals surface area contributed by atoms with Gasteiger partial charge in [-0.05, 0) is 51.5 Å². The van der Waals surface area contributed by atoms with Crippen LogP contribution >= 0.6 is 11.3 Å². The van der Waals surface area contributed by atoms with Crippen LogP contribution in [-0.4, -0.2) is 44.8 Å². The molecule has 0 amide bonds. The number of ether oxygens (including phenoxy) is 2. The maximum atomic E-state index is 13.2. The summed E-state index contributed by atoms with van der Waals surface area (Å²) in [4.78, 5) is 31.3. The molecule has 2 heterocycles. The zero-order valence-electron chi connectivity index (χ0n) is 22.9. The van der Waals surface area contributed by atoms with E-state index in [9.17, 15) is 18.0 Å². The van der Waals surface area contributed by atoms with Crippen molar-refractivity contribution in [1.82, 2.24) is 10.3 Å². The summed E-state index contributed by atoms with van der Waals surface area (Å²) < 4.78 is 34.4. The number of dihydropyridines is 1. The van der Waals surface area contributed by atoms with E-state index in [2.05, 4.69) is 15.6 Å². The van der Waals surface area contributed by atoms with Crippen LogP contribution in [0.2, 0.25) is 0 Å². The number of nitrogens with one attached hydrogen (secondary N) is 2. The zero-order valence-corrected chi connectivity index (χ0v) is 24.5. The second-order valence-corrected chi connectivity index (χ2v) is 12.0. The number of para-hydroxylation sites is 1. The van der Waals surface area contributed by atoms with Crippen molar-refractivity contribution in [3.63, 3.8) is 0 Å². The van der Waals surface area contributed by atoms with E-state index in [0.29, 0.717) is 44.6 Å².